The summed E-state index contributed by atoms with van der Waals surface area (Å²) in [6, 6.07) is 5.41. The highest BCUT2D eigenvalue weighted by Crippen LogP contribution is 2.34. The quantitative estimate of drug-likeness (QED) is 0.864. The molecule has 1 heterocycles. The van der Waals surface area contributed by atoms with Gasteiger partial charge in [-0.2, -0.15) is 0 Å². The van der Waals surface area contributed by atoms with E-state index in [4.69, 9.17) is 16.3 Å². The Bertz CT molecular complexity index is 441. The molecule has 1 aromatic rings. The summed E-state index contributed by atoms with van der Waals surface area (Å²) in [4.78, 5) is 13.2. The Morgan fingerprint density at radius 2 is 2.35 bits per heavy atom. The summed E-state index contributed by atoms with van der Waals surface area (Å²) >= 11 is 8.89. The average molecular weight is 321 g/mol. The largest absolute Gasteiger partial charge is 0.482 e. The number of hydrogen-bond donors (Lipinski definition) is 1. The molecule has 0 saturated heterocycles. The number of halogens is 2. The molecule has 0 aromatic heterocycles. The number of ether oxygens (including phenoxy) is 1. The Balaban J connectivity index is 2.32. The van der Waals surface area contributed by atoms with Gasteiger partial charge in [0.25, 0.3) is 5.91 Å². The molecule has 0 fully saturated rings. The fourth-order valence-electron chi connectivity index (χ4n) is 1.63. The zero-order chi connectivity index (χ0) is 12.4. The van der Waals surface area contributed by atoms with Crippen LogP contribution in [0.5, 0.6) is 5.75 Å². The van der Waals surface area contributed by atoms with Crippen LogP contribution in [-0.2, 0) is 4.79 Å². The third-order valence-corrected chi connectivity index (χ3v) is 3.28. The zero-order valence-corrected chi connectivity index (χ0v) is 11.2. The molecule has 1 N–H and O–H groups in total. The summed E-state index contributed by atoms with van der Waals surface area (Å²) in [6.07, 6.45) is -0.745. The van der Waals surface area contributed by atoms with Gasteiger partial charge >= 0.3 is 0 Å². The number of benzene rings is 1. The zero-order valence-electron chi connectivity index (χ0n) is 8.90. The van der Waals surface area contributed by atoms with E-state index in [1.54, 1.807) is 12.1 Å². The number of fused-ring (bicyclic) bond motifs is 1. The van der Waals surface area contributed by atoms with Crippen LogP contribution in [-0.4, -0.2) is 36.1 Å². The molecule has 0 saturated carbocycles. The minimum absolute atomic E-state index is 0.0103. The molecule has 17 heavy (non-hydrogen) atoms. The molecule has 1 atom stereocenters. The molecule has 4 nitrogen and oxygen atoms in total. The van der Waals surface area contributed by atoms with Crippen LogP contribution in [0.1, 0.15) is 0 Å². The lowest BCUT2D eigenvalue weighted by molar-refractivity contribution is -0.121. The summed E-state index contributed by atoms with van der Waals surface area (Å²) < 4.78 is 6.16. The summed E-state index contributed by atoms with van der Waals surface area (Å²) in [7, 11) is 0. The molecule has 1 unspecified atom stereocenters. The lowest BCUT2D eigenvalue weighted by Crippen LogP contribution is -2.43. The Hall–Kier alpha value is -0.780. The predicted molar refractivity (Wildman–Crippen MR) is 68.7 cm³/mol. The maximum Gasteiger partial charge on any atom is 0.265 e. The van der Waals surface area contributed by atoms with Crippen molar-refractivity contribution in [2.75, 3.05) is 23.9 Å². The lowest BCUT2D eigenvalue weighted by atomic mass is 10.2. The van der Waals surface area contributed by atoms with Crippen molar-refractivity contribution in [3.8, 4) is 5.75 Å². The van der Waals surface area contributed by atoms with Crippen molar-refractivity contribution in [3.63, 3.8) is 0 Å². The van der Waals surface area contributed by atoms with Gasteiger partial charge < -0.3 is 14.7 Å². The van der Waals surface area contributed by atoms with Crippen LogP contribution in [0.15, 0.2) is 22.7 Å². The molecule has 1 aliphatic heterocycles. The second-order valence-corrected chi connectivity index (χ2v) is 4.94. The molecule has 6 heteroatoms. The molecular formula is C11H11BrClNO3. The number of aliphatic hydroxyl groups is 1. The second kappa shape index (κ2) is 5.25. The minimum Gasteiger partial charge on any atom is -0.482 e. The number of nitrogens with zero attached hydrogens (tertiary/aromatic N) is 1. The predicted octanol–water partition coefficient (Wildman–Crippen LogP) is 1.77. The van der Waals surface area contributed by atoms with Gasteiger partial charge in [0.15, 0.2) is 6.61 Å². The molecule has 0 aliphatic carbocycles. The Labute approximate surface area is 112 Å². The average Bonchev–Trinajstić information content (AvgIpc) is 2.32. The van der Waals surface area contributed by atoms with Crippen LogP contribution >= 0.6 is 27.5 Å². The summed E-state index contributed by atoms with van der Waals surface area (Å²) in [6.45, 7) is 0.165. The number of amides is 1. The third kappa shape index (κ3) is 2.73. The van der Waals surface area contributed by atoms with Crippen molar-refractivity contribution < 1.29 is 14.6 Å². The fraction of sp³-hybridized carbons (Fsp3) is 0.364. The highest BCUT2D eigenvalue weighted by Gasteiger charge is 2.27. The summed E-state index contributed by atoms with van der Waals surface area (Å²) in [5.41, 5.74) is 0.653. The van der Waals surface area contributed by atoms with Gasteiger partial charge in [0.2, 0.25) is 0 Å². The number of aliphatic hydroxyl groups excluding tert-OH is 1. The first-order chi connectivity index (χ1) is 8.11. The number of alkyl halides is 1. The van der Waals surface area contributed by atoms with Gasteiger partial charge in [0.05, 0.1) is 24.2 Å². The van der Waals surface area contributed by atoms with E-state index >= 15 is 0 Å². The SMILES string of the molecule is O=C1COc2ccc(Br)cc2N1CC(O)CCl. The number of carbonyl (C=O) groups excluding carboxylic acids is 1. The van der Waals surface area contributed by atoms with Crippen LogP contribution in [0, 0.1) is 0 Å². The van der Waals surface area contributed by atoms with Gasteiger partial charge in [-0.05, 0) is 18.2 Å². The highest BCUT2D eigenvalue weighted by atomic mass is 79.9. The van der Waals surface area contributed by atoms with Crippen LogP contribution in [0.3, 0.4) is 0 Å². The third-order valence-electron chi connectivity index (χ3n) is 2.44. The summed E-state index contributed by atoms with van der Waals surface area (Å²) in [5, 5.41) is 9.54. The number of rotatable bonds is 3. The molecule has 1 aromatic carbocycles. The van der Waals surface area contributed by atoms with Crippen molar-refractivity contribution in [2.45, 2.75) is 6.10 Å². The van der Waals surface area contributed by atoms with Crippen molar-refractivity contribution in [3.05, 3.63) is 22.7 Å². The van der Waals surface area contributed by atoms with Gasteiger partial charge in [-0.1, -0.05) is 15.9 Å². The van der Waals surface area contributed by atoms with Crippen molar-refractivity contribution >= 4 is 39.1 Å². The van der Waals surface area contributed by atoms with Crippen LogP contribution in [0.2, 0.25) is 0 Å². The van der Waals surface area contributed by atoms with E-state index in [2.05, 4.69) is 15.9 Å². The van der Waals surface area contributed by atoms with Crippen LogP contribution < -0.4 is 9.64 Å². The van der Waals surface area contributed by atoms with Gasteiger partial charge in [-0.3, -0.25) is 4.79 Å². The van der Waals surface area contributed by atoms with Crippen molar-refractivity contribution in [2.24, 2.45) is 0 Å². The molecule has 0 radical (unpaired) electrons. The first-order valence-corrected chi connectivity index (χ1v) is 6.41. The second-order valence-electron chi connectivity index (χ2n) is 3.71. The van der Waals surface area contributed by atoms with Crippen molar-refractivity contribution in [1.82, 2.24) is 0 Å². The van der Waals surface area contributed by atoms with E-state index < -0.39 is 6.10 Å². The molecule has 1 aliphatic rings. The number of hydrogen-bond acceptors (Lipinski definition) is 3. The number of β-amino-alcohol motifs (C(OH)–C–C–N with tert-alkyl or cyclic N) is 1. The van der Waals surface area contributed by atoms with Gasteiger partial charge in [0, 0.05) is 4.47 Å². The van der Waals surface area contributed by atoms with Gasteiger partial charge in [0.1, 0.15) is 5.75 Å². The fourth-order valence-corrected chi connectivity index (χ4v) is 2.08. The Kier molecular flexibility index (Phi) is 3.91. The minimum atomic E-state index is -0.745. The van der Waals surface area contributed by atoms with Gasteiger partial charge in [-0.25, -0.2) is 0 Å². The summed E-state index contributed by atoms with van der Waals surface area (Å²) in [5.74, 6) is 0.544. The van der Waals surface area contributed by atoms with E-state index in [0.29, 0.717) is 11.4 Å². The number of carbonyl (C=O) groups is 1. The Morgan fingerprint density at radius 3 is 3.06 bits per heavy atom. The van der Waals surface area contributed by atoms with E-state index in [1.165, 1.54) is 4.90 Å². The van der Waals surface area contributed by atoms with E-state index in [9.17, 15) is 9.90 Å². The molecule has 0 spiro atoms. The highest BCUT2D eigenvalue weighted by molar-refractivity contribution is 9.10. The molecular weight excluding hydrogens is 309 g/mol. The van der Waals surface area contributed by atoms with E-state index in [-0.39, 0.29) is 24.9 Å². The first kappa shape index (κ1) is 12.7. The van der Waals surface area contributed by atoms with E-state index in [0.717, 1.165) is 4.47 Å². The molecule has 2 rings (SSSR count). The lowest BCUT2D eigenvalue weighted by Gasteiger charge is -2.30. The normalized spacial score (nSPS) is 16.4. The maximum atomic E-state index is 11.8. The standard InChI is InChI=1S/C11H11BrClNO3/c12-7-1-2-10-9(3-7)14(5-8(15)4-13)11(16)6-17-10/h1-3,8,15H,4-6H2. The first-order valence-electron chi connectivity index (χ1n) is 5.08. The van der Waals surface area contributed by atoms with Crippen molar-refractivity contribution in [1.29, 1.82) is 0 Å². The van der Waals surface area contributed by atoms with Crippen LogP contribution in [0.4, 0.5) is 5.69 Å². The van der Waals surface area contributed by atoms with Gasteiger partial charge in [-0.15, -0.1) is 11.6 Å². The monoisotopic (exact) mass is 319 g/mol. The van der Waals surface area contributed by atoms with E-state index in [1.807, 2.05) is 6.07 Å². The smallest absolute Gasteiger partial charge is 0.265 e. The molecule has 1 amide bonds. The molecule has 0 bridgehead atoms. The van der Waals surface area contributed by atoms with Crippen LogP contribution in [0.25, 0.3) is 0 Å². The maximum absolute atomic E-state index is 11.8. The topological polar surface area (TPSA) is 49.8 Å². The molecule has 92 valence electrons. The number of anilines is 1. The Morgan fingerprint density at radius 1 is 1.59 bits per heavy atom.